The largest absolute Gasteiger partial charge is 0.346 e. The molecule has 0 amide bonds. The van der Waals surface area contributed by atoms with Crippen LogP contribution < -0.4 is 10.2 Å². The van der Waals surface area contributed by atoms with Crippen LogP contribution in [0.25, 0.3) is 0 Å². The second-order valence-electron chi connectivity index (χ2n) is 4.99. The molecule has 1 fully saturated rings. The van der Waals surface area contributed by atoms with Gasteiger partial charge in [0.05, 0.1) is 0 Å². The summed E-state index contributed by atoms with van der Waals surface area (Å²) in [6, 6.07) is 0.534. The molecule has 0 radical (unpaired) electrons. The molecule has 0 bridgehead atoms. The van der Waals surface area contributed by atoms with Crippen molar-refractivity contribution in [2.75, 3.05) is 23.7 Å². The van der Waals surface area contributed by atoms with Crippen LogP contribution in [0.2, 0.25) is 0 Å². The molecule has 2 heterocycles. The summed E-state index contributed by atoms with van der Waals surface area (Å²) < 4.78 is 0. The molecule has 2 rings (SSSR count). The SMILES string of the molecule is CCC1CN(c2ncc(CNC(C)C)s2)CCS1. The lowest BCUT2D eigenvalue weighted by atomic mass is 10.3. The summed E-state index contributed by atoms with van der Waals surface area (Å²) in [6.07, 6.45) is 3.28. The Bertz CT molecular complexity index is 365. The zero-order valence-electron chi connectivity index (χ0n) is 11.5. The van der Waals surface area contributed by atoms with Crippen LogP contribution in [-0.4, -0.2) is 35.1 Å². The van der Waals surface area contributed by atoms with Gasteiger partial charge in [0.1, 0.15) is 0 Å². The monoisotopic (exact) mass is 285 g/mol. The maximum absolute atomic E-state index is 4.58. The van der Waals surface area contributed by atoms with Gasteiger partial charge >= 0.3 is 0 Å². The quantitative estimate of drug-likeness (QED) is 0.900. The molecular formula is C13H23N3S2. The van der Waals surface area contributed by atoms with Gasteiger partial charge in [-0.25, -0.2) is 4.98 Å². The Morgan fingerprint density at radius 2 is 2.39 bits per heavy atom. The summed E-state index contributed by atoms with van der Waals surface area (Å²) in [6.45, 7) is 9.87. The molecule has 1 aliphatic rings. The smallest absolute Gasteiger partial charge is 0.185 e. The number of nitrogens with one attached hydrogen (secondary N) is 1. The van der Waals surface area contributed by atoms with Crippen molar-refractivity contribution in [3.63, 3.8) is 0 Å². The van der Waals surface area contributed by atoms with Gasteiger partial charge in [-0.1, -0.05) is 20.8 Å². The third-order valence-corrected chi connectivity index (χ3v) is 5.52. The van der Waals surface area contributed by atoms with E-state index >= 15 is 0 Å². The minimum atomic E-state index is 0.534. The molecule has 102 valence electrons. The molecule has 3 nitrogen and oxygen atoms in total. The van der Waals surface area contributed by atoms with E-state index in [1.807, 2.05) is 17.5 Å². The lowest BCUT2D eigenvalue weighted by Crippen LogP contribution is -2.37. The predicted molar refractivity (Wildman–Crippen MR) is 82.8 cm³/mol. The van der Waals surface area contributed by atoms with E-state index in [2.05, 4.69) is 47.7 Å². The van der Waals surface area contributed by atoms with Gasteiger partial charge < -0.3 is 10.2 Å². The molecule has 1 N–H and O–H groups in total. The Morgan fingerprint density at radius 1 is 1.56 bits per heavy atom. The fourth-order valence-electron chi connectivity index (χ4n) is 1.97. The van der Waals surface area contributed by atoms with Crippen LogP contribution in [-0.2, 0) is 6.54 Å². The first-order valence-corrected chi connectivity index (χ1v) is 8.60. The minimum Gasteiger partial charge on any atom is -0.346 e. The van der Waals surface area contributed by atoms with Gasteiger partial charge in [0, 0.05) is 47.8 Å². The first-order chi connectivity index (χ1) is 8.69. The molecule has 0 saturated carbocycles. The third kappa shape index (κ3) is 3.87. The van der Waals surface area contributed by atoms with Crippen LogP contribution in [0, 0.1) is 0 Å². The van der Waals surface area contributed by atoms with E-state index in [-0.39, 0.29) is 0 Å². The molecule has 18 heavy (non-hydrogen) atoms. The normalized spacial score (nSPS) is 20.7. The van der Waals surface area contributed by atoms with Crippen LogP contribution in [0.5, 0.6) is 0 Å². The van der Waals surface area contributed by atoms with Crippen molar-refractivity contribution in [2.45, 2.75) is 45.0 Å². The molecule has 1 aromatic heterocycles. The van der Waals surface area contributed by atoms with Gasteiger partial charge in [-0.05, 0) is 6.42 Å². The summed E-state index contributed by atoms with van der Waals surface area (Å²) in [5.74, 6) is 1.23. The molecule has 1 unspecified atom stereocenters. The Balaban J connectivity index is 1.92. The van der Waals surface area contributed by atoms with Crippen LogP contribution >= 0.6 is 23.1 Å². The number of hydrogen-bond donors (Lipinski definition) is 1. The van der Waals surface area contributed by atoms with E-state index < -0.39 is 0 Å². The summed E-state index contributed by atoms with van der Waals surface area (Å²) in [4.78, 5) is 8.37. The predicted octanol–water partition coefficient (Wildman–Crippen LogP) is 2.97. The highest BCUT2D eigenvalue weighted by atomic mass is 32.2. The van der Waals surface area contributed by atoms with Crippen LogP contribution in [0.4, 0.5) is 5.13 Å². The number of anilines is 1. The van der Waals surface area contributed by atoms with Crippen molar-refractivity contribution >= 4 is 28.2 Å². The number of hydrogen-bond acceptors (Lipinski definition) is 5. The summed E-state index contributed by atoms with van der Waals surface area (Å²) in [7, 11) is 0. The lowest BCUT2D eigenvalue weighted by Gasteiger charge is -2.31. The molecule has 1 aliphatic heterocycles. The van der Waals surface area contributed by atoms with Gasteiger partial charge in [-0.3, -0.25) is 0 Å². The second kappa shape index (κ2) is 6.78. The molecule has 0 aliphatic carbocycles. The van der Waals surface area contributed by atoms with E-state index in [9.17, 15) is 0 Å². The molecule has 0 aromatic carbocycles. The minimum absolute atomic E-state index is 0.534. The number of nitrogens with zero attached hydrogens (tertiary/aromatic N) is 2. The fraction of sp³-hybridized carbons (Fsp3) is 0.769. The average Bonchev–Trinajstić information content (AvgIpc) is 2.85. The average molecular weight is 285 g/mol. The molecule has 5 heteroatoms. The van der Waals surface area contributed by atoms with Gasteiger partial charge in [-0.15, -0.1) is 11.3 Å². The van der Waals surface area contributed by atoms with Crippen molar-refractivity contribution in [2.24, 2.45) is 0 Å². The first kappa shape index (κ1) is 14.2. The summed E-state index contributed by atoms with van der Waals surface area (Å²) in [5, 5.41) is 5.43. The van der Waals surface area contributed by atoms with E-state index in [0.717, 1.165) is 24.9 Å². The molecule has 1 saturated heterocycles. The number of thioether (sulfide) groups is 1. The van der Waals surface area contributed by atoms with E-state index in [1.54, 1.807) is 0 Å². The summed E-state index contributed by atoms with van der Waals surface area (Å²) >= 11 is 3.94. The maximum atomic E-state index is 4.58. The number of rotatable bonds is 5. The number of thiazole rings is 1. The fourth-order valence-corrected chi connectivity index (χ4v) is 4.05. The Hall–Kier alpha value is -0.260. The molecule has 1 atom stereocenters. The third-order valence-electron chi connectivity index (χ3n) is 3.09. The standard InChI is InChI=1S/C13H23N3S2/c1-4-11-9-16(5-6-17-11)13-15-8-12(18-13)7-14-10(2)3/h8,10-11,14H,4-7,9H2,1-3H3. The van der Waals surface area contributed by atoms with Crippen LogP contribution in [0.3, 0.4) is 0 Å². The van der Waals surface area contributed by atoms with E-state index in [0.29, 0.717) is 6.04 Å². The topological polar surface area (TPSA) is 28.2 Å². The molecule has 0 spiro atoms. The lowest BCUT2D eigenvalue weighted by molar-refractivity contribution is 0.593. The van der Waals surface area contributed by atoms with Gasteiger partial charge in [0.15, 0.2) is 5.13 Å². The van der Waals surface area contributed by atoms with Crippen molar-refractivity contribution < 1.29 is 0 Å². The van der Waals surface area contributed by atoms with Crippen LogP contribution in [0.15, 0.2) is 6.20 Å². The maximum Gasteiger partial charge on any atom is 0.185 e. The van der Waals surface area contributed by atoms with E-state index in [1.165, 1.54) is 22.2 Å². The Kier molecular flexibility index (Phi) is 5.33. The van der Waals surface area contributed by atoms with E-state index in [4.69, 9.17) is 0 Å². The Morgan fingerprint density at radius 3 is 3.11 bits per heavy atom. The molecular weight excluding hydrogens is 262 g/mol. The van der Waals surface area contributed by atoms with Crippen LogP contribution in [0.1, 0.15) is 32.1 Å². The zero-order valence-corrected chi connectivity index (χ0v) is 13.1. The zero-order chi connectivity index (χ0) is 13.0. The highest BCUT2D eigenvalue weighted by Crippen LogP contribution is 2.28. The summed E-state index contributed by atoms with van der Waals surface area (Å²) in [5.41, 5.74) is 0. The van der Waals surface area contributed by atoms with Crippen molar-refractivity contribution in [3.05, 3.63) is 11.1 Å². The Labute approximate surface area is 118 Å². The highest BCUT2D eigenvalue weighted by molar-refractivity contribution is 8.00. The van der Waals surface area contributed by atoms with Gasteiger partial charge in [0.2, 0.25) is 0 Å². The highest BCUT2D eigenvalue weighted by Gasteiger charge is 2.21. The van der Waals surface area contributed by atoms with Gasteiger partial charge in [0.25, 0.3) is 0 Å². The van der Waals surface area contributed by atoms with Crippen molar-refractivity contribution in [1.82, 2.24) is 10.3 Å². The van der Waals surface area contributed by atoms with Crippen molar-refractivity contribution in [1.29, 1.82) is 0 Å². The second-order valence-corrected chi connectivity index (χ2v) is 7.49. The number of aromatic nitrogens is 1. The first-order valence-electron chi connectivity index (χ1n) is 6.73. The van der Waals surface area contributed by atoms with Gasteiger partial charge in [-0.2, -0.15) is 11.8 Å². The van der Waals surface area contributed by atoms with Crippen molar-refractivity contribution in [3.8, 4) is 0 Å². The molecule has 1 aromatic rings.